The van der Waals surface area contributed by atoms with Crippen molar-refractivity contribution in [2.45, 2.75) is 19.1 Å². The first-order valence-corrected chi connectivity index (χ1v) is 9.73. The van der Waals surface area contributed by atoms with Gasteiger partial charge in [0.2, 0.25) is 5.88 Å². The highest BCUT2D eigenvalue weighted by Gasteiger charge is 2.37. The Labute approximate surface area is 179 Å². The molecule has 6 nitrogen and oxygen atoms in total. The summed E-state index contributed by atoms with van der Waals surface area (Å²) in [6, 6.07) is 15.3. The van der Waals surface area contributed by atoms with Gasteiger partial charge in [-0.05, 0) is 11.6 Å². The number of hydrogen-bond donors (Lipinski definition) is 1. The second kappa shape index (κ2) is 9.71. The van der Waals surface area contributed by atoms with Crippen LogP contribution in [0.15, 0.2) is 65.4 Å². The summed E-state index contributed by atoms with van der Waals surface area (Å²) in [5.74, 6) is -0.374. The lowest BCUT2D eigenvalue weighted by Gasteiger charge is -2.29. The maximum Gasteiger partial charge on any atom is 0.515 e. The molecule has 0 saturated heterocycles. The van der Waals surface area contributed by atoms with Gasteiger partial charge in [0.15, 0.2) is 6.04 Å². The molecule has 0 saturated carbocycles. The first-order chi connectivity index (χ1) is 14.0. The van der Waals surface area contributed by atoms with Crippen LogP contribution in [0.5, 0.6) is 0 Å². The molecular formula is C21H20ClNO5S. The van der Waals surface area contributed by atoms with Gasteiger partial charge >= 0.3 is 12.1 Å². The largest absolute Gasteiger partial charge is 0.515 e. The highest BCUT2D eigenvalue weighted by atomic mass is 35.5. The maximum atomic E-state index is 12.6. The molecule has 0 amide bonds. The molecule has 0 aromatic heterocycles. The van der Waals surface area contributed by atoms with E-state index in [0.717, 1.165) is 5.56 Å². The zero-order valence-electron chi connectivity index (χ0n) is 15.7. The van der Waals surface area contributed by atoms with E-state index in [1.807, 2.05) is 30.3 Å². The zero-order chi connectivity index (χ0) is 20.8. The lowest BCUT2D eigenvalue weighted by molar-refractivity contribution is -0.147. The molecular weight excluding hydrogens is 414 g/mol. The molecule has 29 heavy (non-hydrogen) atoms. The summed E-state index contributed by atoms with van der Waals surface area (Å²) in [6.07, 6.45) is -0.382. The van der Waals surface area contributed by atoms with Gasteiger partial charge in [-0.15, -0.1) is 12.6 Å². The minimum absolute atomic E-state index is 0.0692. The number of halogens is 1. The molecule has 0 unspecified atom stereocenters. The van der Waals surface area contributed by atoms with Crippen molar-refractivity contribution in [1.82, 2.24) is 4.90 Å². The van der Waals surface area contributed by atoms with Gasteiger partial charge in [-0.1, -0.05) is 60.1 Å². The molecule has 3 rings (SSSR count). The van der Waals surface area contributed by atoms with Crippen LogP contribution in [0, 0.1) is 0 Å². The van der Waals surface area contributed by atoms with Crippen molar-refractivity contribution >= 4 is 36.4 Å². The van der Waals surface area contributed by atoms with E-state index in [9.17, 15) is 9.59 Å². The Morgan fingerprint density at radius 1 is 1.14 bits per heavy atom. The van der Waals surface area contributed by atoms with Crippen molar-refractivity contribution < 1.29 is 23.8 Å². The number of carbonyl (C=O) groups excluding carboxylic acids is 2. The number of carbonyl (C=O) groups is 2. The van der Waals surface area contributed by atoms with E-state index in [1.165, 1.54) is 7.11 Å². The number of nitrogens with zero attached hydrogens (tertiary/aromatic N) is 1. The summed E-state index contributed by atoms with van der Waals surface area (Å²) in [7, 11) is 1.29. The Morgan fingerprint density at radius 2 is 1.83 bits per heavy atom. The van der Waals surface area contributed by atoms with Crippen molar-refractivity contribution in [2.24, 2.45) is 0 Å². The fraction of sp³-hybridized carbons (Fsp3) is 0.238. The zero-order valence-corrected chi connectivity index (χ0v) is 17.4. The summed E-state index contributed by atoms with van der Waals surface area (Å²) < 4.78 is 15.6. The van der Waals surface area contributed by atoms with Crippen molar-refractivity contribution in [2.75, 3.05) is 13.7 Å². The number of esters is 1. The summed E-state index contributed by atoms with van der Waals surface area (Å²) in [6.45, 7) is 0.477. The van der Waals surface area contributed by atoms with Gasteiger partial charge < -0.3 is 19.1 Å². The van der Waals surface area contributed by atoms with Gasteiger partial charge in [0.1, 0.15) is 6.61 Å². The third-order valence-corrected chi connectivity index (χ3v) is 5.17. The molecule has 2 aromatic carbocycles. The minimum Gasteiger partial charge on any atom is -0.467 e. The van der Waals surface area contributed by atoms with E-state index in [0.29, 0.717) is 28.5 Å². The molecule has 8 heteroatoms. The van der Waals surface area contributed by atoms with Crippen LogP contribution in [0.4, 0.5) is 4.79 Å². The van der Waals surface area contributed by atoms with E-state index in [2.05, 4.69) is 12.6 Å². The van der Waals surface area contributed by atoms with E-state index in [1.54, 1.807) is 29.2 Å². The molecule has 152 valence electrons. The molecule has 1 heterocycles. The van der Waals surface area contributed by atoms with Crippen molar-refractivity contribution in [1.29, 1.82) is 0 Å². The highest BCUT2D eigenvalue weighted by Crippen LogP contribution is 2.37. The summed E-state index contributed by atoms with van der Waals surface area (Å²) in [5, 5.41) is 0.404. The van der Waals surface area contributed by atoms with Crippen LogP contribution < -0.4 is 0 Å². The van der Waals surface area contributed by atoms with Crippen LogP contribution in [0.25, 0.3) is 0 Å². The molecule has 0 N–H and O–H groups in total. The predicted octanol–water partition coefficient (Wildman–Crippen LogP) is 4.71. The van der Waals surface area contributed by atoms with Crippen molar-refractivity contribution in [3.05, 3.63) is 81.5 Å². The number of rotatable bonds is 6. The Hall–Kier alpha value is -2.64. The molecule has 1 atom stereocenters. The molecule has 0 aliphatic carbocycles. The SMILES string of the molecule is COC(=O)[C@H](c1ccccc1Cl)N1CCC(S)=C1OC(=O)OCc1ccccc1. The van der Waals surface area contributed by atoms with Gasteiger partial charge in [-0.2, -0.15) is 0 Å². The van der Waals surface area contributed by atoms with Crippen molar-refractivity contribution in [3.8, 4) is 0 Å². The summed E-state index contributed by atoms with van der Waals surface area (Å²) in [5.41, 5.74) is 1.37. The number of thiol groups is 1. The third-order valence-electron chi connectivity index (χ3n) is 4.41. The summed E-state index contributed by atoms with van der Waals surface area (Å²) in [4.78, 5) is 26.9. The topological polar surface area (TPSA) is 65.1 Å². The van der Waals surface area contributed by atoms with E-state index in [4.69, 9.17) is 25.8 Å². The monoisotopic (exact) mass is 433 g/mol. The minimum atomic E-state index is -0.884. The number of ether oxygens (including phenoxy) is 3. The molecule has 0 radical (unpaired) electrons. The Bertz CT molecular complexity index is 918. The summed E-state index contributed by atoms with van der Waals surface area (Å²) >= 11 is 10.7. The molecule has 1 aliphatic rings. The van der Waals surface area contributed by atoms with Crippen LogP contribution in [-0.2, 0) is 25.6 Å². The second-order valence-corrected chi connectivity index (χ2v) is 7.22. The Balaban J connectivity index is 1.78. The molecule has 0 fully saturated rings. The predicted molar refractivity (Wildman–Crippen MR) is 111 cm³/mol. The lowest BCUT2D eigenvalue weighted by atomic mass is 10.1. The smallest absolute Gasteiger partial charge is 0.467 e. The van der Waals surface area contributed by atoms with Gasteiger partial charge in [-0.3, -0.25) is 0 Å². The van der Waals surface area contributed by atoms with Crippen LogP contribution in [0.2, 0.25) is 5.02 Å². The molecule has 0 spiro atoms. The van der Waals surface area contributed by atoms with E-state index < -0.39 is 18.2 Å². The number of hydrogen-bond acceptors (Lipinski definition) is 7. The van der Waals surface area contributed by atoms with Crippen LogP contribution in [0.3, 0.4) is 0 Å². The fourth-order valence-electron chi connectivity index (χ4n) is 3.02. The Kier molecular flexibility index (Phi) is 7.06. The van der Waals surface area contributed by atoms with Crippen LogP contribution in [-0.4, -0.2) is 30.7 Å². The average Bonchev–Trinajstić information content (AvgIpc) is 3.08. The average molecular weight is 434 g/mol. The fourth-order valence-corrected chi connectivity index (χ4v) is 3.53. The number of methoxy groups -OCH3 is 1. The lowest BCUT2D eigenvalue weighted by Crippen LogP contribution is -2.34. The van der Waals surface area contributed by atoms with Crippen LogP contribution in [0.1, 0.15) is 23.6 Å². The van der Waals surface area contributed by atoms with Gasteiger partial charge in [-0.25, -0.2) is 9.59 Å². The second-order valence-electron chi connectivity index (χ2n) is 6.27. The maximum absolute atomic E-state index is 12.6. The molecule has 2 aromatic rings. The van der Waals surface area contributed by atoms with E-state index >= 15 is 0 Å². The van der Waals surface area contributed by atoms with Gasteiger partial charge in [0.05, 0.1) is 7.11 Å². The number of benzene rings is 2. The normalized spacial score (nSPS) is 14.5. The van der Waals surface area contributed by atoms with Gasteiger partial charge in [0, 0.05) is 28.5 Å². The highest BCUT2D eigenvalue weighted by molar-refractivity contribution is 7.84. The first kappa shape index (κ1) is 21.1. The third kappa shape index (κ3) is 5.05. The standard InChI is InChI=1S/C21H20ClNO5S/c1-26-20(24)18(15-9-5-6-10-16(15)22)23-12-11-17(29)19(23)28-21(25)27-13-14-7-3-2-4-8-14/h2-10,18,29H,11-13H2,1H3/t18-/m0/s1. The van der Waals surface area contributed by atoms with Crippen molar-refractivity contribution in [3.63, 3.8) is 0 Å². The molecule has 1 aliphatic heterocycles. The first-order valence-electron chi connectivity index (χ1n) is 8.90. The van der Waals surface area contributed by atoms with E-state index in [-0.39, 0.29) is 12.5 Å². The van der Waals surface area contributed by atoms with Crippen LogP contribution >= 0.6 is 24.2 Å². The molecule has 0 bridgehead atoms. The van der Waals surface area contributed by atoms with Gasteiger partial charge in [0.25, 0.3) is 0 Å². The Morgan fingerprint density at radius 3 is 2.52 bits per heavy atom. The quantitative estimate of drug-likeness (QED) is 0.525.